The van der Waals surface area contributed by atoms with Gasteiger partial charge in [-0.25, -0.2) is 4.79 Å². The Morgan fingerprint density at radius 3 is 2.95 bits per heavy atom. The summed E-state index contributed by atoms with van der Waals surface area (Å²) in [6.45, 7) is 1.27. The van der Waals surface area contributed by atoms with Crippen molar-refractivity contribution in [3.05, 3.63) is 48.4 Å². The fraction of sp³-hybridized carbons (Fsp3) is 0.250. The van der Waals surface area contributed by atoms with E-state index in [-0.39, 0.29) is 11.9 Å². The first-order valence-corrected chi connectivity index (χ1v) is 7.20. The predicted molar refractivity (Wildman–Crippen MR) is 82.8 cm³/mol. The van der Waals surface area contributed by atoms with E-state index in [1.807, 2.05) is 24.3 Å². The molecule has 1 saturated heterocycles. The Hall–Kier alpha value is -2.76. The summed E-state index contributed by atoms with van der Waals surface area (Å²) in [6, 6.07) is 10.8. The van der Waals surface area contributed by atoms with Crippen molar-refractivity contribution in [2.24, 2.45) is 0 Å². The van der Waals surface area contributed by atoms with E-state index in [1.54, 1.807) is 23.3 Å². The summed E-state index contributed by atoms with van der Waals surface area (Å²) >= 11 is 0. The van der Waals surface area contributed by atoms with E-state index in [0.29, 0.717) is 31.6 Å². The normalized spacial score (nSPS) is 14.0. The molecular weight excluding hydrogens is 282 g/mol. The smallest absolute Gasteiger partial charge is 0.321 e. The van der Waals surface area contributed by atoms with E-state index in [9.17, 15) is 9.59 Å². The summed E-state index contributed by atoms with van der Waals surface area (Å²) < 4.78 is 5.20. The maximum absolute atomic E-state index is 12.0. The van der Waals surface area contributed by atoms with Crippen molar-refractivity contribution < 1.29 is 14.0 Å². The lowest BCUT2D eigenvalue weighted by Gasteiger charge is -2.15. The molecule has 0 saturated carbocycles. The zero-order valence-corrected chi connectivity index (χ0v) is 12.0. The fourth-order valence-electron chi connectivity index (χ4n) is 2.38. The van der Waals surface area contributed by atoms with Crippen molar-refractivity contribution in [1.82, 2.24) is 5.32 Å². The van der Waals surface area contributed by atoms with Crippen LogP contribution in [0.5, 0.6) is 0 Å². The van der Waals surface area contributed by atoms with Crippen LogP contribution in [0.25, 0.3) is 0 Å². The van der Waals surface area contributed by atoms with Gasteiger partial charge in [0.05, 0.1) is 6.26 Å². The number of furan rings is 1. The minimum atomic E-state index is -0.110. The minimum Gasteiger partial charge on any atom is -0.469 e. The molecular formula is C16H17N3O3. The topological polar surface area (TPSA) is 74.6 Å². The number of hydrogen-bond acceptors (Lipinski definition) is 3. The number of nitrogens with zero attached hydrogens (tertiary/aromatic N) is 1. The lowest BCUT2D eigenvalue weighted by molar-refractivity contribution is -0.116. The summed E-state index contributed by atoms with van der Waals surface area (Å²) in [4.78, 5) is 25.3. The highest BCUT2D eigenvalue weighted by atomic mass is 16.3. The molecule has 2 aromatic rings. The number of aryl methyl sites for hydroxylation is 1. The fourth-order valence-corrected chi connectivity index (χ4v) is 2.38. The maximum atomic E-state index is 12.0. The van der Waals surface area contributed by atoms with E-state index < -0.39 is 0 Å². The van der Waals surface area contributed by atoms with Crippen molar-refractivity contribution in [3.63, 3.8) is 0 Å². The molecule has 2 N–H and O–H groups in total. The molecule has 0 spiro atoms. The number of anilines is 2. The first-order chi connectivity index (χ1) is 10.7. The van der Waals surface area contributed by atoms with E-state index in [0.717, 1.165) is 11.4 Å². The molecule has 6 heteroatoms. The van der Waals surface area contributed by atoms with Crippen LogP contribution in [0.1, 0.15) is 12.2 Å². The number of nitrogens with one attached hydrogen (secondary N) is 2. The molecule has 1 aliphatic heterocycles. The Labute approximate surface area is 128 Å². The number of carbonyl (C=O) groups excluding carboxylic acids is 2. The molecule has 0 radical (unpaired) electrons. The van der Waals surface area contributed by atoms with E-state index in [2.05, 4.69) is 10.6 Å². The van der Waals surface area contributed by atoms with Crippen LogP contribution in [0.15, 0.2) is 47.1 Å². The number of hydrogen-bond donors (Lipinski definition) is 2. The maximum Gasteiger partial charge on any atom is 0.321 e. The molecule has 1 fully saturated rings. The largest absolute Gasteiger partial charge is 0.469 e. The third kappa shape index (κ3) is 3.28. The second-order valence-electron chi connectivity index (χ2n) is 5.06. The highest BCUT2D eigenvalue weighted by molar-refractivity contribution is 5.96. The second kappa shape index (κ2) is 6.34. The van der Waals surface area contributed by atoms with Gasteiger partial charge in [-0.05, 0) is 30.3 Å². The van der Waals surface area contributed by atoms with E-state index in [4.69, 9.17) is 4.42 Å². The molecule has 3 amide bonds. The van der Waals surface area contributed by atoms with Crippen LogP contribution in [-0.4, -0.2) is 25.0 Å². The molecule has 0 bridgehead atoms. The molecule has 0 atom stereocenters. The molecule has 1 aromatic heterocycles. The first-order valence-electron chi connectivity index (χ1n) is 7.20. The monoisotopic (exact) mass is 299 g/mol. The number of rotatable bonds is 5. The standard InChI is InChI=1S/C16H17N3O3/c20-15(7-6-14-5-2-10-22-14)18-12-3-1-4-13(11-12)19-9-8-17-16(19)21/h1-5,10-11H,6-9H2,(H,17,21)(H,18,20). The van der Waals surface area contributed by atoms with Crippen LogP contribution in [0, 0.1) is 0 Å². The van der Waals surface area contributed by atoms with Crippen LogP contribution >= 0.6 is 0 Å². The van der Waals surface area contributed by atoms with Gasteiger partial charge in [-0.15, -0.1) is 0 Å². The van der Waals surface area contributed by atoms with Gasteiger partial charge in [0.15, 0.2) is 0 Å². The van der Waals surface area contributed by atoms with Crippen molar-refractivity contribution in [2.75, 3.05) is 23.3 Å². The predicted octanol–water partition coefficient (Wildman–Crippen LogP) is 2.38. The van der Waals surface area contributed by atoms with E-state index >= 15 is 0 Å². The van der Waals surface area contributed by atoms with Gasteiger partial charge in [0.2, 0.25) is 5.91 Å². The van der Waals surface area contributed by atoms with Crippen molar-refractivity contribution in [1.29, 1.82) is 0 Å². The third-order valence-corrected chi connectivity index (χ3v) is 3.48. The molecule has 6 nitrogen and oxygen atoms in total. The zero-order valence-electron chi connectivity index (χ0n) is 12.0. The second-order valence-corrected chi connectivity index (χ2v) is 5.06. The summed E-state index contributed by atoms with van der Waals surface area (Å²) in [5.74, 6) is 0.706. The van der Waals surface area contributed by atoms with Gasteiger partial charge < -0.3 is 15.1 Å². The highest BCUT2D eigenvalue weighted by Crippen LogP contribution is 2.21. The molecule has 1 aliphatic rings. The zero-order chi connectivity index (χ0) is 15.4. The number of benzene rings is 1. The number of urea groups is 1. The summed E-state index contributed by atoms with van der Waals surface area (Å²) in [5.41, 5.74) is 1.46. The van der Waals surface area contributed by atoms with Gasteiger partial charge in [-0.1, -0.05) is 6.07 Å². The van der Waals surface area contributed by atoms with Gasteiger partial charge in [0, 0.05) is 37.3 Å². The molecule has 2 heterocycles. The molecule has 114 valence electrons. The highest BCUT2D eigenvalue weighted by Gasteiger charge is 2.21. The lowest BCUT2D eigenvalue weighted by atomic mass is 10.2. The Balaban J connectivity index is 1.60. The average molecular weight is 299 g/mol. The van der Waals surface area contributed by atoms with E-state index in [1.165, 1.54) is 0 Å². The Kier molecular flexibility index (Phi) is 4.09. The van der Waals surface area contributed by atoms with Gasteiger partial charge in [0.25, 0.3) is 0 Å². The van der Waals surface area contributed by atoms with Gasteiger partial charge in [-0.3, -0.25) is 9.69 Å². The summed E-state index contributed by atoms with van der Waals surface area (Å²) in [7, 11) is 0. The third-order valence-electron chi connectivity index (χ3n) is 3.48. The van der Waals surface area contributed by atoms with Gasteiger partial charge in [-0.2, -0.15) is 0 Å². The van der Waals surface area contributed by atoms with Crippen LogP contribution < -0.4 is 15.5 Å². The summed E-state index contributed by atoms with van der Waals surface area (Å²) in [6.07, 6.45) is 2.51. The molecule has 22 heavy (non-hydrogen) atoms. The molecule has 0 aliphatic carbocycles. The quantitative estimate of drug-likeness (QED) is 0.890. The van der Waals surface area contributed by atoms with Crippen molar-refractivity contribution >= 4 is 23.3 Å². The summed E-state index contributed by atoms with van der Waals surface area (Å²) in [5, 5.41) is 5.60. The van der Waals surface area contributed by atoms with Crippen LogP contribution in [0.2, 0.25) is 0 Å². The minimum absolute atomic E-state index is 0.0839. The number of carbonyl (C=O) groups is 2. The van der Waals surface area contributed by atoms with Crippen LogP contribution in [0.3, 0.4) is 0 Å². The molecule has 0 unspecified atom stereocenters. The van der Waals surface area contributed by atoms with Crippen molar-refractivity contribution in [2.45, 2.75) is 12.8 Å². The van der Waals surface area contributed by atoms with Crippen LogP contribution in [-0.2, 0) is 11.2 Å². The molecule has 3 rings (SSSR count). The van der Waals surface area contributed by atoms with Crippen molar-refractivity contribution in [3.8, 4) is 0 Å². The van der Waals surface area contributed by atoms with Crippen LogP contribution in [0.4, 0.5) is 16.2 Å². The van der Waals surface area contributed by atoms with Gasteiger partial charge in [0.1, 0.15) is 5.76 Å². The SMILES string of the molecule is O=C(CCc1ccco1)Nc1cccc(N2CCNC2=O)c1. The van der Waals surface area contributed by atoms with Gasteiger partial charge >= 0.3 is 6.03 Å². The Morgan fingerprint density at radius 1 is 1.32 bits per heavy atom. The lowest BCUT2D eigenvalue weighted by Crippen LogP contribution is -2.27. The Morgan fingerprint density at radius 2 is 2.23 bits per heavy atom. The number of amides is 3. The first kappa shape index (κ1) is 14.2. The molecule has 1 aromatic carbocycles. The average Bonchev–Trinajstić information content (AvgIpc) is 3.16. The Bertz CT molecular complexity index is 667.